The number of pyridine rings is 1. The Hall–Kier alpha value is -2.01. The maximum absolute atomic E-state index is 11.5. The summed E-state index contributed by atoms with van der Waals surface area (Å²) in [5, 5.41) is 0.925. The van der Waals surface area contributed by atoms with Crippen molar-refractivity contribution in [3.8, 4) is 11.5 Å². The normalized spacial score (nSPS) is 12.8. The predicted octanol–water partition coefficient (Wildman–Crippen LogP) is 2.40. The van der Waals surface area contributed by atoms with Gasteiger partial charge in [0.1, 0.15) is 5.52 Å². The Balaban J connectivity index is 2.28. The van der Waals surface area contributed by atoms with E-state index >= 15 is 0 Å². The van der Waals surface area contributed by atoms with Crippen LogP contribution in [-0.4, -0.2) is 24.9 Å². The first-order valence-electron chi connectivity index (χ1n) is 5.17. The summed E-state index contributed by atoms with van der Waals surface area (Å²) in [6.45, 7) is 0.159. The molecule has 1 aliphatic heterocycles. The van der Waals surface area contributed by atoms with Crippen molar-refractivity contribution in [1.82, 2.24) is 4.98 Å². The fraction of sp³-hybridized carbons (Fsp3) is 0.167. The van der Waals surface area contributed by atoms with E-state index in [9.17, 15) is 4.79 Å². The molecule has 0 unspecified atom stereocenters. The molecule has 1 aromatic carbocycles. The molecule has 0 atom stereocenters. The fourth-order valence-corrected chi connectivity index (χ4v) is 2.12. The molecule has 0 saturated heterocycles. The number of carbonyl (C=O) groups is 1. The molecule has 6 heteroatoms. The van der Waals surface area contributed by atoms with Crippen LogP contribution in [0.15, 0.2) is 18.3 Å². The van der Waals surface area contributed by atoms with Gasteiger partial charge in [-0.25, -0.2) is 4.79 Å². The lowest BCUT2D eigenvalue weighted by Gasteiger charge is -2.07. The Morgan fingerprint density at radius 1 is 1.44 bits per heavy atom. The molecule has 2 heterocycles. The number of hydrogen-bond acceptors (Lipinski definition) is 5. The topological polar surface area (TPSA) is 57.7 Å². The zero-order chi connectivity index (χ0) is 12.7. The molecule has 0 spiro atoms. The fourth-order valence-electron chi connectivity index (χ4n) is 1.85. The summed E-state index contributed by atoms with van der Waals surface area (Å²) in [6, 6.07) is 3.48. The van der Waals surface area contributed by atoms with Crippen LogP contribution in [0.25, 0.3) is 10.9 Å². The first-order valence-corrected chi connectivity index (χ1v) is 5.55. The SMILES string of the molecule is COC(=O)c1cnc2c3c(ccc2c1Cl)OCO3. The largest absolute Gasteiger partial charge is 0.465 e. The van der Waals surface area contributed by atoms with Gasteiger partial charge in [-0.1, -0.05) is 11.6 Å². The van der Waals surface area contributed by atoms with Crippen molar-refractivity contribution in [2.75, 3.05) is 13.9 Å². The molecule has 2 aromatic rings. The van der Waals surface area contributed by atoms with Gasteiger partial charge in [-0.3, -0.25) is 4.98 Å². The number of ether oxygens (including phenoxy) is 3. The van der Waals surface area contributed by atoms with Crippen LogP contribution in [0.1, 0.15) is 10.4 Å². The van der Waals surface area contributed by atoms with Gasteiger partial charge in [-0.05, 0) is 12.1 Å². The second-order valence-electron chi connectivity index (χ2n) is 3.67. The number of fused-ring (bicyclic) bond motifs is 3. The molecule has 0 bridgehead atoms. The third kappa shape index (κ3) is 1.48. The van der Waals surface area contributed by atoms with Gasteiger partial charge >= 0.3 is 5.97 Å². The average molecular weight is 266 g/mol. The molecule has 5 nitrogen and oxygen atoms in total. The lowest BCUT2D eigenvalue weighted by Crippen LogP contribution is -2.03. The number of carbonyl (C=O) groups excluding carboxylic acids is 1. The van der Waals surface area contributed by atoms with Crippen LogP contribution < -0.4 is 9.47 Å². The van der Waals surface area contributed by atoms with Crippen molar-refractivity contribution in [3.05, 3.63) is 28.9 Å². The Morgan fingerprint density at radius 2 is 2.28 bits per heavy atom. The summed E-state index contributed by atoms with van der Waals surface area (Å²) in [5.74, 6) is 0.648. The number of halogens is 1. The third-order valence-corrected chi connectivity index (χ3v) is 3.12. The van der Waals surface area contributed by atoms with Gasteiger partial charge in [0.2, 0.25) is 6.79 Å². The van der Waals surface area contributed by atoms with Crippen molar-refractivity contribution in [2.24, 2.45) is 0 Å². The highest BCUT2D eigenvalue weighted by molar-refractivity contribution is 6.38. The predicted molar refractivity (Wildman–Crippen MR) is 64.2 cm³/mol. The molecule has 3 rings (SSSR count). The van der Waals surface area contributed by atoms with Crippen LogP contribution >= 0.6 is 11.6 Å². The van der Waals surface area contributed by atoms with E-state index in [1.54, 1.807) is 12.1 Å². The highest BCUT2D eigenvalue weighted by Crippen LogP contribution is 2.40. The van der Waals surface area contributed by atoms with Gasteiger partial charge in [0.05, 0.1) is 17.7 Å². The van der Waals surface area contributed by atoms with Crippen LogP contribution in [0.2, 0.25) is 5.02 Å². The molecule has 0 fully saturated rings. The third-order valence-electron chi connectivity index (χ3n) is 2.71. The lowest BCUT2D eigenvalue weighted by molar-refractivity contribution is 0.0600. The number of nitrogens with zero attached hydrogens (tertiary/aromatic N) is 1. The number of hydrogen-bond donors (Lipinski definition) is 0. The number of esters is 1. The summed E-state index contributed by atoms with van der Waals surface area (Å²) in [6.07, 6.45) is 1.37. The Bertz CT molecular complexity index is 656. The quantitative estimate of drug-likeness (QED) is 0.741. The maximum Gasteiger partial charge on any atom is 0.340 e. The van der Waals surface area contributed by atoms with E-state index in [1.807, 2.05) is 0 Å². The molecule has 1 aliphatic rings. The first kappa shape index (κ1) is 11.1. The number of aromatic nitrogens is 1. The van der Waals surface area contributed by atoms with Crippen molar-refractivity contribution in [3.63, 3.8) is 0 Å². The van der Waals surface area contributed by atoms with Crippen molar-refractivity contribution in [2.45, 2.75) is 0 Å². The monoisotopic (exact) mass is 265 g/mol. The summed E-state index contributed by atoms with van der Waals surface area (Å²) >= 11 is 6.18. The summed E-state index contributed by atoms with van der Waals surface area (Å²) < 4.78 is 15.2. The maximum atomic E-state index is 11.5. The summed E-state index contributed by atoms with van der Waals surface area (Å²) in [5.41, 5.74) is 0.799. The van der Waals surface area contributed by atoms with E-state index < -0.39 is 5.97 Å². The van der Waals surface area contributed by atoms with E-state index in [0.717, 1.165) is 0 Å². The molecule has 0 saturated carbocycles. The van der Waals surface area contributed by atoms with Crippen LogP contribution in [0.3, 0.4) is 0 Å². The molecule has 18 heavy (non-hydrogen) atoms. The Labute approximate surface area is 107 Å². The number of benzene rings is 1. The minimum Gasteiger partial charge on any atom is -0.465 e. The van der Waals surface area contributed by atoms with Crippen LogP contribution in [0, 0.1) is 0 Å². The zero-order valence-corrected chi connectivity index (χ0v) is 10.2. The standard InChI is InChI=1S/C12H8ClNO4/c1-16-12(15)7-4-14-10-6(9(7)13)2-3-8-11(10)18-5-17-8/h2-4H,5H2,1H3. The molecule has 0 aliphatic carbocycles. The van der Waals surface area contributed by atoms with Crippen LogP contribution in [0.5, 0.6) is 11.5 Å². The van der Waals surface area contributed by atoms with Gasteiger partial charge in [-0.15, -0.1) is 0 Å². The molecular formula is C12H8ClNO4. The number of methoxy groups -OCH3 is 1. The van der Waals surface area contributed by atoms with Crippen molar-refractivity contribution in [1.29, 1.82) is 0 Å². The Kier molecular flexibility index (Phi) is 2.48. The van der Waals surface area contributed by atoms with Crippen LogP contribution in [-0.2, 0) is 4.74 Å². The van der Waals surface area contributed by atoms with E-state index in [4.69, 9.17) is 21.1 Å². The minimum absolute atomic E-state index is 0.159. The highest BCUT2D eigenvalue weighted by Gasteiger charge is 2.21. The average Bonchev–Trinajstić information content (AvgIpc) is 2.87. The second-order valence-corrected chi connectivity index (χ2v) is 4.05. The molecule has 0 radical (unpaired) electrons. The summed E-state index contributed by atoms with van der Waals surface area (Å²) in [7, 11) is 1.29. The smallest absolute Gasteiger partial charge is 0.340 e. The van der Waals surface area contributed by atoms with Gasteiger partial charge in [-0.2, -0.15) is 0 Å². The van der Waals surface area contributed by atoms with E-state index in [-0.39, 0.29) is 12.4 Å². The lowest BCUT2D eigenvalue weighted by atomic mass is 10.1. The van der Waals surface area contributed by atoms with Crippen molar-refractivity contribution < 1.29 is 19.0 Å². The Morgan fingerprint density at radius 3 is 3.06 bits per heavy atom. The van der Waals surface area contributed by atoms with Crippen LogP contribution in [0.4, 0.5) is 0 Å². The van der Waals surface area contributed by atoms with E-state index in [1.165, 1.54) is 13.3 Å². The molecule has 92 valence electrons. The summed E-state index contributed by atoms with van der Waals surface area (Å²) in [4.78, 5) is 15.7. The first-order chi connectivity index (χ1) is 8.72. The molecular weight excluding hydrogens is 258 g/mol. The highest BCUT2D eigenvalue weighted by atomic mass is 35.5. The van der Waals surface area contributed by atoms with E-state index in [0.29, 0.717) is 27.4 Å². The minimum atomic E-state index is -0.521. The van der Waals surface area contributed by atoms with Gasteiger partial charge < -0.3 is 14.2 Å². The molecule has 1 aromatic heterocycles. The van der Waals surface area contributed by atoms with Gasteiger partial charge in [0.25, 0.3) is 0 Å². The second kappa shape index (κ2) is 4.03. The number of rotatable bonds is 1. The molecule has 0 amide bonds. The van der Waals surface area contributed by atoms with E-state index in [2.05, 4.69) is 9.72 Å². The van der Waals surface area contributed by atoms with Gasteiger partial charge in [0.15, 0.2) is 11.5 Å². The zero-order valence-electron chi connectivity index (χ0n) is 9.40. The van der Waals surface area contributed by atoms with Gasteiger partial charge in [0, 0.05) is 11.6 Å². The van der Waals surface area contributed by atoms with Crippen molar-refractivity contribution >= 4 is 28.5 Å². The molecule has 0 N–H and O–H groups in total.